The molecule has 0 saturated carbocycles. The number of carbonyl (C=O) groups is 2. The molecule has 0 atom stereocenters. The fourth-order valence-corrected chi connectivity index (χ4v) is 4.82. The van der Waals surface area contributed by atoms with Crippen molar-refractivity contribution in [2.45, 2.75) is 39.2 Å². The molecule has 0 fully saturated rings. The Kier molecular flexibility index (Phi) is 6.59. The molecule has 2 aliphatic heterocycles. The Labute approximate surface area is 224 Å². The van der Waals surface area contributed by atoms with Gasteiger partial charge in [-0.15, -0.1) is 0 Å². The third kappa shape index (κ3) is 5.14. The van der Waals surface area contributed by atoms with Crippen LogP contribution in [-0.4, -0.2) is 40.8 Å². The quantitative estimate of drug-likeness (QED) is 0.420. The van der Waals surface area contributed by atoms with Crippen LogP contribution in [0, 0.1) is 0 Å². The van der Waals surface area contributed by atoms with E-state index in [0.717, 1.165) is 24.1 Å². The van der Waals surface area contributed by atoms with E-state index in [9.17, 15) is 9.59 Å². The molecule has 9 nitrogen and oxygen atoms in total. The monoisotopic (exact) mass is 541 g/mol. The lowest BCUT2D eigenvalue weighted by Gasteiger charge is -2.32. The minimum Gasteiger partial charge on any atom is -0.455 e. The van der Waals surface area contributed by atoms with Crippen LogP contribution in [0.1, 0.15) is 43.1 Å². The summed E-state index contributed by atoms with van der Waals surface area (Å²) in [6.45, 7) is 6.00. The van der Waals surface area contributed by atoms with Gasteiger partial charge >= 0.3 is 6.09 Å². The van der Waals surface area contributed by atoms with E-state index in [-0.39, 0.29) is 36.1 Å². The van der Waals surface area contributed by atoms with E-state index in [1.807, 2.05) is 39.0 Å². The molecule has 0 spiro atoms. The lowest BCUT2D eigenvalue weighted by atomic mass is 10.0. The van der Waals surface area contributed by atoms with Crippen LogP contribution in [0.5, 0.6) is 5.88 Å². The van der Waals surface area contributed by atoms with Gasteiger partial charge in [-0.25, -0.2) is 9.78 Å². The summed E-state index contributed by atoms with van der Waals surface area (Å²) < 4.78 is 11.4. The summed E-state index contributed by atoms with van der Waals surface area (Å²) in [5.74, 6) is 0.0233. The van der Waals surface area contributed by atoms with Gasteiger partial charge < -0.3 is 14.8 Å². The van der Waals surface area contributed by atoms with E-state index in [4.69, 9.17) is 32.7 Å². The topological polar surface area (TPSA) is 96.9 Å². The number of fused-ring (bicyclic) bond motifs is 2. The molecule has 2 aliphatic rings. The van der Waals surface area contributed by atoms with E-state index < -0.39 is 5.60 Å². The van der Waals surface area contributed by atoms with Crippen molar-refractivity contribution >= 4 is 58.2 Å². The number of nitrogens with zero attached hydrogens (tertiary/aromatic N) is 4. The Balaban J connectivity index is 1.37. The number of amides is 2. The summed E-state index contributed by atoms with van der Waals surface area (Å²) in [6.07, 6.45) is 2.74. The second-order valence-corrected chi connectivity index (χ2v) is 10.5. The summed E-state index contributed by atoms with van der Waals surface area (Å²) in [6, 6.07) is 10.7. The third-order valence-electron chi connectivity index (χ3n) is 5.84. The molecule has 0 unspecified atom stereocenters. The predicted molar refractivity (Wildman–Crippen MR) is 142 cm³/mol. The predicted octanol–water partition coefficient (Wildman–Crippen LogP) is 6.21. The molecule has 5 rings (SSSR count). The van der Waals surface area contributed by atoms with Crippen LogP contribution in [-0.2, 0) is 11.2 Å². The van der Waals surface area contributed by atoms with Gasteiger partial charge in [-0.1, -0.05) is 35.3 Å². The SMILES string of the molecule is CC(C)(C)OC(=O)N1CCCc2ccc(Nc3ncc4c(n3)OCN(c3c(Cl)cccc3Cl)C4=O)cc21. The van der Waals surface area contributed by atoms with E-state index in [0.29, 0.717) is 28.0 Å². The van der Waals surface area contributed by atoms with E-state index in [2.05, 4.69) is 15.3 Å². The highest BCUT2D eigenvalue weighted by atomic mass is 35.5. The lowest BCUT2D eigenvalue weighted by molar-refractivity contribution is 0.0577. The van der Waals surface area contributed by atoms with Crippen LogP contribution in [0.15, 0.2) is 42.6 Å². The zero-order valence-electron chi connectivity index (χ0n) is 20.5. The minimum absolute atomic E-state index is 0.102. The number of ether oxygens (including phenoxy) is 2. The molecule has 1 aromatic heterocycles. The van der Waals surface area contributed by atoms with Crippen molar-refractivity contribution in [2.75, 3.05) is 28.4 Å². The van der Waals surface area contributed by atoms with Gasteiger partial charge in [0.25, 0.3) is 5.91 Å². The lowest BCUT2D eigenvalue weighted by Crippen LogP contribution is -2.39. The van der Waals surface area contributed by atoms with Crippen LogP contribution < -0.4 is 19.9 Å². The normalized spacial score (nSPS) is 15.0. The fourth-order valence-electron chi connectivity index (χ4n) is 4.21. The summed E-state index contributed by atoms with van der Waals surface area (Å²) in [5, 5.41) is 3.81. The van der Waals surface area contributed by atoms with Crippen LogP contribution in [0.2, 0.25) is 10.0 Å². The molecule has 37 heavy (non-hydrogen) atoms. The highest BCUT2D eigenvalue weighted by Crippen LogP contribution is 2.37. The van der Waals surface area contributed by atoms with Crippen molar-refractivity contribution in [3.05, 3.63) is 63.8 Å². The van der Waals surface area contributed by atoms with Crippen LogP contribution in [0.3, 0.4) is 0 Å². The number of benzene rings is 2. The Bertz CT molecular complexity index is 1370. The smallest absolute Gasteiger partial charge is 0.414 e. The number of rotatable bonds is 3. The largest absolute Gasteiger partial charge is 0.455 e. The average Bonchev–Trinajstić information content (AvgIpc) is 2.84. The fraction of sp³-hybridized carbons (Fsp3) is 0.308. The van der Waals surface area contributed by atoms with Gasteiger partial charge in [0.15, 0.2) is 6.73 Å². The number of hydrogen-bond donors (Lipinski definition) is 1. The number of hydrogen-bond acceptors (Lipinski definition) is 7. The molecule has 11 heteroatoms. The minimum atomic E-state index is -0.592. The standard InChI is InChI=1S/C26H25Cl2N5O4/c1-26(2,3)37-25(35)32-11-5-6-15-9-10-16(12-20(15)32)30-24-29-13-17-22(31-24)36-14-33(23(17)34)21-18(27)7-4-8-19(21)28/h4,7-10,12-13H,5-6,11,14H2,1-3H3,(H,29,30,31). The first-order valence-corrected chi connectivity index (χ1v) is 12.5. The molecule has 0 radical (unpaired) electrons. The van der Waals surface area contributed by atoms with Gasteiger partial charge in [0.1, 0.15) is 11.2 Å². The average molecular weight is 542 g/mol. The molecule has 2 amide bonds. The molecule has 2 aromatic carbocycles. The van der Waals surface area contributed by atoms with Gasteiger partial charge in [-0.2, -0.15) is 4.98 Å². The summed E-state index contributed by atoms with van der Waals surface area (Å²) in [4.78, 5) is 37.6. The molecule has 0 aliphatic carbocycles. The first kappa shape index (κ1) is 25.1. The summed E-state index contributed by atoms with van der Waals surface area (Å²) in [7, 11) is 0. The number of aromatic nitrogens is 2. The molecular formula is C26H25Cl2N5O4. The van der Waals surface area contributed by atoms with Crippen molar-refractivity contribution in [3.63, 3.8) is 0 Å². The van der Waals surface area contributed by atoms with Crippen molar-refractivity contribution in [3.8, 4) is 5.88 Å². The number of nitrogens with one attached hydrogen (secondary N) is 1. The van der Waals surface area contributed by atoms with Crippen LogP contribution in [0.25, 0.3) is 0 Å². The molecule has 0 saturated heterocycles. The molecule has 1 N–H and O–H groups in total. The van der Waals surface area contributed by atoms with Crippen molar-refractivity contribution < 1.29 is 19.1 Å². The second-order valence-electron chi connectivity index (χ2n) is 9.69. The summed E-state index contributed by atoms with van der Waals surface area (Å²) in [5.41, 5.74) is 2.48. The molecule has 3 heterocycles. The highest BCUT2D eigenvalue weighted by Gasteiger charge is 2.32. The molecular weight excluding hydrogens is 517 g/mol. The van der Waals surface area contributed by atoms with Crippen molar-refractivity contribution in [2.24, 2.45) is 0 Å². The van der Waals surface area contributed by atoms with E-state index >= 15 is 0 Å². The Morgan fingerprint density at radius 3 is 2.65 bits per heavy atom. The number of aryl methyl sites for hydroxylation is 1. The van der Waals surface area contributed by atoms with Crippen LogP contribution >= 0.6 is 23.2 Å². The second kappa shape index (κ2) is 9.72. The number of para-hydroxylation sites is 1. The summed E-state index contributed by atoms with van der Waals surface area (Å²) >= 11 is 12.5. The number of anilines is 4. The van der Waals surface area contributed by atoms with Gasteiger partial charge in [-0.05, 0) is 63.4 Å². The van der Waals surface area contributed by atoms with Crippen molar-refractivity contribution in [1.82, 2.24) is 9.97 Å². The van der Waals surface area contributed by atoms with Gasteiger partial charge in [0.2, 0.25) is 11.8 Å². The van der Waals surface area contributed by atoms with E-state index in [1.165, 1.54) is 11.1 Å². The number of halogens is 2. The van der Waals surface area contributed by atoms with Gasteiger partial charge in [-0.3, -0.25) is 14.6 Å². The number of carbonyl (C=O) groups excluding carboxylic acids is 2. The van der Waals surface area contributed by atoms with Gasteiger partial charge in [0.05, 0.1) is 21.4 Å². The zero-order valence-corrected chi connectivity index (χ0v) is 22.1. The van der Waals surface area contributed by atoms with Gasteiger partial charge in [0, 0.05) is 18.4 Å². The molecule has 0 bridgehead atoms. The maximum Gasteiger partial charge on any atom is 0.414 e. The van der Waals surface area contributed by atoms with Crippen molar-refractivity contribution in [1.29, 1.82) is 0 Å². The first-order valence-electron chi connectivity index (χ1n) is 11.8. The Morgan fingerprint density at radius 1 is 1.16 bits per heavy atom. The highest BCUT2D eigenvalue weighted by molar-refractivity contribution is 6.40. The van der Waals surface area contributed by atoms with E-state index in [1.54, 1.807) is 23.1 Å². The third-order valence-corrected chi connectivity index (χ3v) is 6.45. The zero-order chi connectivity index (χ0) is 26.3. The first-order chi connectivity index (χ1) is 17.6. The molecule has 3 aromatic rings. The maximum atomic E-state index is 13.1. The Hall–Kier alpha value is -3.56. The Morgan fingerprint density at radius 2 is 1.92 bits per heavy atom. The maximum absolute atomic E-state index is 13.1. The molecule has 192 valence electrons. The van der Waals surface area contributed by atoms with Crippen LogP contribution in [0.4, 0.5) is 27.8 Å².